The van der Waals surface area contributed by atoms with Crippen LogP contribution in [0, 0.1) is 0 Å². The molecular weight excluding hydrogens is 326 g/mol. The van der Waals surface area contributed by atoms with Gasteiger partial charge in [0.15, 0.2) is 0 Å². The van der Waals surface area contributed by atoms with E-state index in [1.54, 1.807) is 18.2 Å². The molecule has 1 fully saturated rings. The van der Waals surface area contributed by atoms with Crippen LogP contribution in [0.1, 0.15) is 63.2 Å². The third-order valence-electron chi connectivity index (χ3n) is 4.76. The Hall–Kier alpha value is -1.59. The predicted octanol–water partition coefficient (Wildman–Crippen LogP) is 3.47. The van der Waals surface area contributed by atoms with Gasteiger partial charge in [0, 0.05) is 11.2 Å². The summed E-state index contributed by atoms with van der Waals surface area (Å²) in [5, 5.41) is 6.05. The van der Waals surface area contributed by atoms with E-state index in [4.69, 9.17) is 17.3 Å². The monoisotopic (exact) mass is 351 g/mol. The van der Waals surface area contributed by atoms with Gasteiger partial charge in [-0.05, 0) is 51.3 Å². The third-order valence-corrected chi connectivity index (χ3v) is 5.07. The van der Waals surface area contributed by atoms with Crippen molar-refractivity contribution < 1.29 is 9.59 Å². The maximum absolute atomic E-state index is 12.3. The van der Waals surface area contributed by atoms with Crippen LogP contribution in [-0.2, 0) is 4.79 Å². The molecule has 2 rings (SSSR count). The van der Waals surface area contributed by atoms with Gasteiger partial charge < -0.3 is 16.4 Å². The van der Waals surface area contributed by atoms with E-state index in [0.717, 1.165) is 19.3 Å². The van der Waals surface area contributed by atoms with E-state index in [2.05, 4.69) is 10.6 Å². The largest absolute Gasteiger partial charge is 0.347 e. The summed E-state index contributed by atoms with van der Waals surface area (Å²) < 4.78 is 0. The summed E-state index contributed by atoms with van der Waals surface area (Å²) in [7, 11) is 0. The average Bonchev–Trinajstić information content (AvgIpc) is 2.95. The molecule has 132 valence electrons. The predicted molar refractivity (Wildman–Crippen MR) is 97.3 cm³/mol. The second kappa shape index (κ2) is 7.11. The molecule has 0 saturated heterocycles. The highest BCUT2D eigenvalue weighted by Crippen LogP contribution is 2.29. The van der Waals surface area contributed by atoms with Crippen molar-refractivity contribution in [3.05, 3.63) is 28.8 Å². The van der Waals surface area contributed by atoms with E-state index in [1.807, 2.05) is 20.8 Å². The SMILES string of the molecule is CCC(C)(C)NC(=O)c1ccc(NC(=O)C2(N)CCCC2)cc1Cl. The molecule has 1 saturated carbocycles. The molecule has 1 aliphatic rings. The highest BCUT2D eigenvalue weighted by Gasteiger charge is 2.37. The number of carbonyl (C=O) groups is 2. The second-order valence-corrected chi connectivity index (χ2v) is 7.61. The minimum absolute atomic E-state index is 0.194. The first-order valence-electron chi connectivity index (χ1n) is 8.39. The maximum Gasteiger partial charge on any atom is 0.253 e. The Kier molecular flexibility index (Phi) is 5.56. The van der Waals surface area contributed by atoms with Crippen LogP contribution in [-0.4, -0.2) is 22.9 Å². The van der Waals surface area contributed by atoms with Crippen molar-refractivity contribution in [1.82, 2.24) is 5.32 Å². The molecule has 1 aromatic rings. The number of hydrogen-bond acceptors (Lipinski definition) is 3. The fourth-order valence-electron chi connectivity index (χ4n) is 2.73. The molecule has 1 aromatic carbocycles. The van der Waals surface area contributed by atoms with Gasteiger partial charge >= 0.3 is 0 Å². The summed E-state index contributed by atoms with van der Waals surface area (Å²) in [6.07, 6.45) is 4.13. The molecule has 1 aliphatic carbocycles. The number of anilines is 1. The summed E-state index contributed by atoms with van der Waals surface area (Å²) in [6.45, 7) is 5.91. The van der Waals surface area contributed by atoms with E-state index in [-0.39, 0.29) is 17.4 Å². The van der Waals surface area contributed by atoms with E-state index in [9.17, 15) is 9.59 Å². The van der Waals surface area contributed by atoms with E-state index in [1.165, 1.54) is 0 Å². The standard InChI is InChI=1S/C18H26ClN3O2/c1-4-17(2,3)22-15(23)13-8-7-12(11-14(13)19)21-16(24)18(20)9-5-6-10-18/h7-8,11H,4-6,9-10,20H2,1-3H3,(H,21,24)(H,22,23). The van der Waals surface area contributed by atoms with Gasteiger partial charge in [0.25, 0.3) is 5.91 Å². The fourth-order valence-corrected chi connectivity index (χ4v) is 2.99. The Labute approximate surface area is 148 Å². The first-order chi connectivity index (χ1) is 11.2. The summed E-state index contributed by atoms with van der Waals surface area (Å²) in [5.74, 6) is -0.420. The number of rotatable bonds is 5. The number of halogens is 1. The number of carbonyl (C=O) groups excluding carboxylic acids is 2. The van der Waals surface area contributed by atoms with Crippen molar-refractivity contribution in [2.75, 3.05) is 5.32 Å². The van der Waals surface area contributed by atoms with Gasteiger partial charge in [-0.1, -0.05) is 31.4 Å². The Balaban J connectivity index is 2.09. The number of nitrogens with one attached hydrogen (secondary N) is 2. The molecule has 0 aromatic heterocycles. The lowest BCUT2D eigenvalue weighted by molar-refractivity contribution is -0.121. The molecule has 4 N–H and O–H groups in total. The molecule has 6 heteroatoms. The summed E-state index contributed by atoms with van der Waals surface area (Å²) >= 11 is 6.23. The van der Waals surface area contributed by atoms with Crippen molar-refractivity contribution in [2.45, 2.75) is 64.0 Å². The first kappa shape index (κ1) is 18.7. The topological polar surface area (TPSA) is 84.2 Å². The smallest absolute Gasteiger partial charge is 0.253 e. The van der Waals surface area contributed by atoms with Crippen LogP contribution in [0.2, 0.25) is 5.02 Å². The van der Waals surface area contributed by atoms with Crippen molar-refractivity contribution in [1.29, 1.82) is 0 Å². The quantitative estimate of drug-likeness (QED) is 0.759. The highest BCUT2D eigenvalue weighted by atomic mass is 35.5. The van der Waals surface area contributed by atoms with E-state index in [0.29, 0.717) is 29.1 Å². The number of hydrogen-bond donors (Lipinski definition) is 3. The number of amides is 2. The van der Waals surface area contributed by atoms with Gasteiger partial charge in [-0.2, -0.15) is 0 Å². The van der Waals surface area contributed by atoms with Gasteiger partial charge in [-0.25, -0.2) is 0 Å². The lowest BCUT2D eigenvalue weighted by Gasteiger charge is -2.25. The Morgan fingerprint density at radius 1 is 1.29 bits per heavy atom. The Morgan fingerprint density at radius 2 is 1.92 bits per heavy atom. The molecule has 5 nitrogen and oxygen atoms in total. The van der Waals surface area contributed by atoms with Crippen molar-refractivity contribution in [3.8, 4) is 0 Å². The van der Waals surface area contributed by atoms with E-state index < -0.39 is 5.54 Å². The molecule has 0 bridgehead atoms. The zero-order valence-electron chi connectivity index (χ0n) is 14.5. The zero-order chi connectivity index (χ0) is 18.0. The van der Waals surface area contributed by atoms with Gasteiger partial charge in [0.2, 0.25) is 5.91 Å². The zero-order valence-corrected chi connectivity index (χ0v) is 15.3. The lowest BCUT2D eigenvalue weighted by Crippen LogP contribution is -2.48. The normalized spacial score (nSPS) is 16.7. The van der Waals surface area contributed by atoms with Crippen molar-refractivity contribution in [2.24, 2.45) is 5.73 Å². The summed E-state index contributed by atoms with van der Waals surface area (Å²) in [4.78, 5) is 24.7. The minimum Gasteiger partial charge on any atom is -0.347 e. The summed E-state index contributed by atoms with van der Waals surface area (Å²) in [6, 6.07) is 4.89. The Morgan fingerprint density at radius 3 is 2.46 bits per heavy atom. The van der Waals surface area contributed by atoms with Gasteiger partial charge in [-0.15, -0.1) is 0 Å². The molecule has 0 atom stereocenters. The number of benzene rings is 1. The molecule has 0 radical (unpaired) electrons. The van der Waals surface area contributed by atoms with Crippen molar-refractivity contribution >= 4 is 29.1 Å². The molecule has 0 aliphatic heterocycles. The van der Waals surface area contributed by atoms with Crippen LogP contribution < -0.4 is 16.4 Å². The lowest BCUT2D eigenvalue weighted by atomic mass is 9.98. The Bertz CT molecular complexity index is 637. The second-order valence-electron chi connectivity index (χ2n) is 7.20. The summed E-state index contributed by atoms with van der Waals surface area (Å²) in [5.41, 5.74) is 5.98. The van der Waals surface area contributed by atoms with Crippen LogP contribution >= 0.6 is 11.6 Å². The van der Waals surface area contributed by atoms with Gasteiger partial charge in [0.05, 0.1) is 16.1 Å². The van der Waals surface area contributed by atoms with Crippen molar-refractivity contribution in [3.63, 3.8) is 0 Å². The fraction of sp³-hybridized carbons (Fsp3) is 0.556. The average molecular weight is 352 g/mol. The van der Waals surface area contributed by atoms with Crippen LogP contribution in [0.15, 0.2) is 18.2 Å². The van der Waals surface area contributed by atoms with Crippen LogP contribution in [0.3, 0.4) is 0 Å². The first-order valence-corrected chi connectivity index (χ1v) is 8.77. The molecule has 24 heavy (non-hydrogen) atoms. The molecule has 2 amide bonds. The number of nitrogens with two attached hydrogens (primary N) is 1. The highest BCUT2D eigenvalue weighted by molar-refractivity contribution is 6.34. The molecule has 0 heterocycles. The van der Waals surface area contributed by atoms with Gasteiger partial charge in [0.1, 0.15) is 0 Å². The molecule has 0 spiro atoms. The van der Waals surface area contributed by atoms with Crippen LogP contribution in [0.4, 0.5) is 5.69 Å². The third kappa shape index (κ3) is 4.28. The molecular formula is C18H26ClN3O2. The van der Waals surface area contributed by atoms with Gasteiger partial charge in [-0.3, -0.25) is 9.59 Å². The van der Waals surface area contributed by atoms with Crippen LogP contribution in [0.25, 0.3) is 0 Å². The van der Waals surface area contributed by atoms with Crippen LogP contribution in [0.5, 0.6) is 0 Å². The maximum atomic E-state index is 12.3. The minimum atomic E-state index is -0.798. The molecule has 0 unspecified atom stereocenters. The van der Waals surface area contributed by atoms with E-state index >= 15 is 0 Å².